The van der Waals surface area contributed by atoms with Crippen LogP contribution in [0.25, 0.3) is 10.9 Å². The van der Waals surface area contributed by atoms with Gasteiger partial charge in [0, 0.05) is 11.3 Å². The normalized spacial score (nSPS) is 11.8. The van der Waals surface area contributed by atoms with Gasteiger partial charge in [0.2, 0.25) is 0 Å². The van der Waals surface area contributed by atoms with E-state index in [1.54, 1.807) is 24.3 Å². The van der Waals surface area contributed by atoms with Gasteiger partial charge in [-0.2, -0.15) is 0 Å². The van der Waals surface area contributed by atoms with E-state index in [1.165, 1.54) is 6.33 Å². The molecule has 0 N–H and O–H groups in total. The third-order valence-corrected chi connectivity index (χ3v) is 4.22. The lowest BCUT2D eigenvalue weighted by molar-refractivity contribution is 0.594. The molecular formula is C10H9ClN2O2S. The highest BCUT2D eigenvalue weighted by atomic mass is 35.5. The molecule has 0 saturated heterocycles. The zero-order valence-electron chi connectivity index (χ0n) is 8.30. The van der Waals surface area contributed by atoms with Gasteiger partial charge in [0.05, 0.1) is 11.3 Å². The van der Waals surface area contributed by atoms with Crippen LogP contribution >= 0.6 is 11.6 Å². The van der Waals surface area contributed by atoms with Gasteiger partial charge < -0.3 is 0 Å². The highest BCUT2D eigenvalue weighted by Crippen LogP contribution is 2.19. The number of rotatable bonds is 3. The number of para-hydroxylation sites is 1. The fourth-order valence-corrected chi connectivity index (χ4v) is 3.15. The van der Waals surface area contributed by atoms with Crippen molar-refractivity contribution < 1.29 is 8.42 Å². The molecule has 1 aromatic carbocycles. The van der Waals surface area contributed by atoms with Gasteiger partial charge >= 0.3 is 0 Å². The molecule has 0 spiro atoms. The second-order valence-electron chi connectivity index (χ2n) is 3.20. The van der Waals surface area contributed by atoms with Crippen molar-refractivity contribution in [2.24, 2.45) is 0 Å². The van der Waals surface area contributed by atoms with Gasteiger partial charge in [-0.1, -0.05) is 12.1 Å². The number of hydrogen-bond acceptors (Lipinski definition) is 4. The quantitative estimate of drug-likeness (QED) is 0.619. The average Bonchev–Trinajstić information content (AvgIpc) is 2.28. The maximum Gasteiger partial charge on any atom is 0.197 e. The monoisotopic (exact) mass is 256 g/mol. The molecule has 0 amide bonds. The molecule has 0 radical (unpaired) electrons. The molecule has 0 atom stereocenters. The van der Waals surface area contributed by atoms with Crippen molar-refractivity contribution in [2.75, 3.05) is 11.6 Å². The number of hydrogen-bond donors (Lipinski definition) is 0. The van der Waals surface area contributed by atoms with Crippen LogP contribution in [0.1, 0.15) is 0 Å². The molecule has 2 aromatic rings. The Morgan fingerprint density at radius 3 is 2.69 bits per heavy atom. The Hall–Kier alpha value is -1.20. The highest BCUT2D eigenvalue weighted by Gasteiger charge is 2.18. The Balaban J connectivity index is 2.70. The fraction of sp³-hybridized carbons (Fsp3) is 0.200. The van der Waals surface area contributed by atoms with Crippen LogP contribution in [0.15, 0.2) is 35.6 Å². The topological polar surface area (TPSA) is 59.9 Å². The van der Waals surface area contributed by atoms with Crippen molar-refractivity contribution in [2.45, 2.75) is 5.03 Å². The molecule has 16 heavy (non-hydrogen) atoms. The van der Waals surface area contributed by atoms with E-state index in [-0.39, 0.29) is 16.7 Å². The zero-order valence-corrected chi connectivity index (χ0v) is 9.87. The predicted molar refractivity (Wildman–Crippen MR) is 62.3 cm³/mol. The van der Waals surface area contributed by atoms with E-state index in [2.05, 4.69) is 9.97 Å². The van der Waals surface area contributed by atoms with Crippen LogP contribution in [0, 0.1) is 0 Å². The number of nitrogens with zero attached hydrogens (tertiary/aromatic N) is 2. The van der Waals surface area contributed by atoms with Crippen LogP contribution in [0.3, 0.4) is 0 Å². The number of benzene rings is 1. The molecular weight excluding hydrogens is 248 g/mol. The van der Waals surface area contributed by atoms with Crippen LogP contribution in [0.5, 0.6) is 0 Å². The summed E-state index contributed by atoms with van der Waals surface area (Å²) >= 11 is 5.46. The average molecular weight is 257 g/mol. The van der Waals surface area contributed by atoms with Gasteiger partial charge in [0.15, 0.2) is 14.9 Å². The summed E-state index contributed by atoms with van der Waals surface area (Å²) in [4.78, 5) is 7.85. The number of halogens is 1. The molecule has 4 nitrogen and oxygen atoms in total. The van der Waals surface area contributed by atoms with Crippen molar-refractivity contribution in [3.8, 4) is 0 Å². The smallest absolute Gasteiger partial charge is 0.197 e. The molecule has 0 saturated carbocycles. The Morgan fingerprint density at radius 1 is 1.19 bits per heavy atom. The first kappa shape index (κ1) is 11.3. The lowest BCUT2D eigenvalue weighted by Gasteiger charge is -2.04. The number of alkyl halides is 1. The number of fused-ring (bicyclic) bond motifs is 1. The summed E-state index contributed by atoms with van der Waals surface area (Å²) in [6.45, 7) is 0. The van der Waals surface area contributed by atoms with Gasteiger partial charge in [0.25, 0.3) is 0 Å². The van der Waals surface area contributed by atoms with E-state index < -0.39 is 9.84 Å². The molecule has 1 aromatic heterocycles. The number of sulfone groups is 1. The Labute approximate surface area is 98.2 Å². The van der Waals surface area contributed by atoms with Gasteiger partial charge in [-0.25, -0.2) is 18.4 Å². The second kappa shape index (κ2) is 4.35. The van der Waals surface area contributed by atoms with E-state index in [1.807, 2.05) is 0 Å². The minimum absolute atomic E-state index is 0.0544. The second-order valence-corrected chi connectivity index (χ2v) is 5.61. The summed E-state index contributed by atoms with van der Waals surface area (Å²) in [5.74, 6) is -0.0593. The summed E-state index contributed by atoms with van der Waals surface area (Å²) in [5, 5.41) is 0.592. The first-order chi connectivity index (χ1) is 7.65. The van der Waals surface area contributed by atoms with Gasteiger partial charge in [-0.15, -0.1) is 11.6 Å². The fourth-order valence-electron chi connectivity index (χ4n) is 1.43. The predicted octanol–water partition coefficient (Wildman–Crippen LogP) is 1.64. The van der Waals surface area contributed by atoms with Crippen molar-refractivity contribution in [3.05, 3.63) is 30.6 Å². The molecule has 0 bridgehead atoms. The van der Waals surface area contributed by atoms with E-state index in [4.69, 9.17) is 11.6 Å². The van der Waals surface area contributed by atoms with Crippen molar-refractivity contribution in [1.82, 2.24) is 9.97 Å². The minimum Gasteiger partial charge on any atom is -0.236 e. The van der Waals surface area contributed by atoms with Crippen molar-refractivity contribution >= 4 is 32.3 Å². The van der Waals surface area contributed by atoms with E-state index in [0.29, 0.717) is 10.9 Å². The van der Waals surface area contributed by atoms with Gasteiger partial charge in [-0.3, -0.25) is 0 Å². The summed E-state index contributed by atoms with van der Waals surface area (Å²) in [6, 6.07) is 6.99. The maximum absolute atomic E-state index is 11.9. The van der Waals surface area contributed by atoms with Gasteiger partial charge in [-0.05, 0) is 12.1 Å². The summed E-state index contributed by atoms with van der Waals surface area (Å²) in [6.07, 6.45) is 1.25. The number of aromatic nitrogens is 2. The van der Waals surface area contributed by atoms with Crippen LogP contribution in [-0.4, -0.2) is 30.0 Å². The van der Waals surface area contributed by atoms with Crippen LogP contribution < -0.4 is 0 Å². The van der Waals surface area contributed by atoms with E-state index in [0.717, 1.165) is 0 Å². The van der Waals surface area contributed by atoms with Crippen LogP contribution in [0.4, 0.5) is 0 Å². The molecule has 0 unspecified atom stereocenters. The first-order valence-corrected chi connectivity index (χ1v) is 6.82. The lowest BCUT2D eigenvalue weighted by atomic mass is 10.2. The van der Waals surface area contributed by atoms with Crippen LogP contribution in [-0.2, 0) is 9.84 Å². The standard InChI is InChI=1S/C10H9ClN2O2S/c11-5-6-16(14,15)10-8-3-1-2-4-9(8)12-7-13-10/h1-4,7H,5-6H2. The Morgan fingerprint density at radius 2 is 1.94 bits per heavy atom. The molecule has 0 aliphatic heterocycles. The molecule has 0 aliphatic rings. The summed E-state index contributed by atoms with van der Waals surface area (Å²) < 4.78 is 23.7. The Kier molecular flexibility index (Phi) is 3.07. The van der Waals surface area contributed by atoms with E-state index >= 15 is 0 Å². The Bertz CT molecular complexity index is 608. The lowest BCUT2D eigenvalue weighted by Crippen LogP contribution is -2.10. The molecule has 84 valence electrons. The minimum atomic E-state index is -3.42. The van der Waals surface area contributed by atoms with Crippen LogP contribution in [0.2, 0.25) is 0 Å². The zero-order chi connectivity index (χ0) is 11.6. The largest absolute Gasteiger partial charge is 0.236 e. The third kappa shape index (κ3) is 2.01. The molecule has 6 heteroatoms. The van der Waals surface area contributed by atoms with E-state index in [9.17, 15) is 8.42 Å². The molecule has 2 rings (SSSR count). The summed E-state index contributed by atoms with van der Waals surface area (Å²) in [5.41, 5.74) is 0.616. The molecule has 0 aliphatic carbocycles. The molecule has 1 heterocycles. The third-order valence-electron chi connectivity index (χ3n) is 2.15. The maximum atomic E-state index is 11.9. The molecule has 0 fully saturated rings. The van der Waals surface area contributed by atoms with Crippen molar-refractivity contribution in [1.29, 1.82) is 0 Å². The first-order valence-electron chi connectivity index (χ1n) is 4.63. The highest BCUT2D eigenvalue weighted by molar-refractivity contribution is 7.91. The SMILES string of the molecule is O=S(=O)(CCCl)c1ncnc2ccccc12. The summed E-state index contributed by atoms with van der Waals surface area (Å²) in [7, 11) is -3.42. The van der Waals surface area contributed by atoms with Crippen molar-refractivity contribution in [3.63, 3.8) is 0 Å². The van der Waals surface area contributed by atoms with Gasteiger partial charge in [0.1, 0.15) is 6.33 Å².